The Morgan fingerprint density at radius 1 is 1.20 bits per heavy atom. The largest absolute Gasteiger partial charge is 0.394 e. The van der Waals surface area contributed by atoms with Crippen LogP contribution in [0.5, 0.6) is 0 Å². The summed E-state index contributed by atoms with van der Waals surface area (Å²) in [5.74, 6) is -0.737. The van der Waals surface area contributed by atoms with Crippen LogP contribution in [0, 0.1) is 11.3 Å². The number of rotatable bonds is 11. The predicted octanol–water partition coefficient (Wildman–Crippen LogP) is 1.09. The standard InChI is InChI=1S/C29H38N6O4S/c1-2-35-27(39)24(40-28(35)23(18-30)26(38)33-29(20-36)11-3-4-12-29)19-32-22-10-7-9-21(17-22)25(37)31-13-8-16-34-14-5-6-15-34/h7,9-10,17,19,32,36H,2-6,8,11-16,20H2,1H3,(H,31,37)(H,33,38). The average molecular weight is 567 g/mol. The fourth-order valence-corrected chi connectivity index (χ4v) is 6.46. The lowest BCUT2D eigenvalue weighted by Crippen LogP contribution is -2.50. The molecular weight excluding hydrogens is 528 g/mol. The summed E-state index contributed by atoms with van der Waals surface area (Å²) >= 11 is 1.06. The van der Waals surface area contributed by atoms with Crippen molar-refractivity contribution in [2.75, 3.05) is 38.1 Å². The summed E-state index contributed by atoms with van der Waals surface area (Å²) in [5.41, 5.74) is -0.0450. The minimum absolute atomic E-state index is 0.147. The number of aliphatic hydroxyl groups excluding tert-OH is 1. The van der Waals surface area contributed by atoms with E-state index in [4.69, 9.17) is 0 Å². The number of nitriles is 1. The number of carbonyl (C=O) groups is 2. The van der Waals surface area contributed by atoms with Gasteiger partial charge in [-0.2, -0.15) is 5.26 Å². The van der Waals surface area contributed by atoms with Crippen molar-refractivity contribution in [3.05, 3.63) is 49.4 Å². The maximum absolute atomic E-state index is 13.1. The number of hydrogen-bond acceptors (Lipinski definition) is 8. The van der Waals surface area contributed by atoms with Crippen LogP contribution in [0.1, 0.15) is 62.2 Å². The number of benzene rings is 1. The second kappa shape index (κ2) is 13.7. The van der Waals surface area contributed by atoms with Crippen molar-refractivity contribution >= 4 is 40.6 Å². The molecule has 1 saturated carbocycles. The summed E-state index contributed by atoms with van der Waals surface area (Å²) in [4.78, 5) is 41.2. The molecule has 4 N–H and O–H groups in total. The first kappa shape index (κ1) is 29.5. The van der Waals surface area contributed by atoms with Crippen LogP contribution >= 0.6 is 11.3 Å². The lowest BCUT2D eigenvalue weighted by molar-refractivity contribution is -0.117. The van der Waals surface area contributed by atoms with Crippen molar-refractivity contribution in [1.82, 2.24) is 20.1 Å². The molecule has 2 aliphatic rings. The number of anilines is 1. The van der Waals surface area contributed by atoms with Gasteiger partial charge in [-0.05, 0) is 76.9 Å². The van der Waals surface area contributed by atoms with Gasteiger partial charge in [0.2, 0.25) is 0 Å². The summed E-state index contributed by atoms with van der Waals surface area (Å²) in [6.07, 6.45) is 8.04. The molecule has 1 aliphatic heterocycles. The highest BCUT2D eigenvalue weighted by Gasteiger charge is 2.35. The van der Waals surface area contributed by atoms with Gasteiger partial charge in [0, 0.05) is 30.5 Å². The van der Waals surface area contributed by atoms with Crippen LogP contribution in [-0.4, -0.2) is 64.7 Å². The number of nitrogens with one attached hydrogen (secondary N) is 3. The molecule has 4 rings (SSSR count). The van der Waals surface area contributed by atoms with E-state index in [2.05, 4.69) is 20.9 Å². The molecule has 11 heteroatoms. The SMILES string of the molecule is CCn1c(=C(C#N)C(=O)NC2(CO)CCCC2)sc(=CNc2cccc(C(=O)NCCCN3CCCC3)c2)c1=O. The van der Waals surface area contributed by atoms with Gasteiger partial charge in [0.05, 0.1) is 12.1 Å². The number of aliphatic hydroxyl groups is 1. The van der Waals surface area contributed by atoms with E-state index in [1.165, 1.54) is 23.6 Å². The van der Waals surface area contributed by atoms with Crippen molar-refractivity contribution in [2.45, 2.75) is 64.0 Å². The molecule has 0 atom stereocenters. The molecular formula is C29H38N6O4S. The number of carbonyl (C=O) groups excluding carboxylic acids is 2. The molecule has 1 saturated heterocycles. The summed E-state index contributed by atoms with van der Waals surface area (Å²) in [6, 6.07) is 8.99. The van der Waals surface area contributed by atoms with Crippen molar-refractivity contribution in [2.24, 2.45) is 0 Å². The molecule has 2 heterocycles. The predicted molar refractivity (Wildman–Crippen MR) is 156 cm³/mol. The van der Waals surface area contributed by atoms with Crippen molar-refractivity contribution in [3.63, 3.8) is 0 Å². The highest BCUT2D eigenvalue weighted by Crippen LogP contribution is 2.29. The van der Waals surface area contributed by atoms with Crippen LogP contribution in [0.25, 0.3) is 11.8 Å². The Morgan fingerprint density at radius 2 is 1.95 bits per heavy atom. The van der Waals surface area contributed by atoms with Crippen molar-refractivity contribution in [1.29, 1.82) is 5.26 Å². The molecule has 2 aromatic rings. The van der Waals surface area contributed by atoms with Crippen LogP contribution in [0.15, 0.2) is 29.1 Å². The Labute approximate surface area is 238 Å². The summed E-state index contributed by atoms with van der Waals surface area (Å²) < 4.78 is 2.00. The monoisotopic (exact) mass is 566 g/mol. The first-order valence-electron chi connectivity index (χ1n) is 14.0. The van der Waals surface area contributed by atoms with Gasteiger partial charge >= 0.3 is 0 Å². The normalized spacial score (nSPS) is 17.9. The maximum atomic E-state index is 13.1. The third-order valence-electron chi connectivity index (χ3n) is 7.65. The zero-order valence-electron chi connectivity index (χ0n) is 23.0. The first-order chi connectivity index (χ1) is 19.4. The molecule has 1 aromatic carbocycles. The van der Waals surface area contributed by atoms with E-state index in [0.29, 0.717) is 35.2 Å². The number of hydrogen-bond donors (Lipinski definition) is 4. The van der Waals surface area contributed by atoms with E-state index in [1.807, 2.05) is 6.07 Å². The topological polar surface area (TPSA) is 139 Å². The van der Waals surface area contributed by atoms with E-state index >= 15 is 0 Å². The molecule has 0 bridgehead atoms. The quantitative estimate of drug-likeness (QED) is 0.299. The molecule has 214 valence electrons. The van der Waals surface area contributed by atoms with Crippen molar-refractivity contribution in [3.8, 4) is 6.07 Å². The van der Waals surface area contributed by atoms with E-state index in [1.54, 1.807) is 31.2 Å². The second-order valence-electron chi connectivity index (χ2n) is 10.4. The van der Waals surface area contributed by atoms with E-state index in [9.17, 15) is 24.8 Å². The zero-order chi connectivity index (χ0) is 28.5. The Morgan fingerprint density at radius 3 is 2.62 bits per heavy atom. The summed E-state index contributed by atoms with van der Waals surface area (Å²) in [5, 5.41) is 28.6. The fraction of sp³-hybridized carbons (Fsp3) is 0.517. The molecule has 10 nitrogen and oxygen atoms in total. The Kier molecular flexibility index (Phi) is 10.1. The lowest BCUT2D eigenvalue weighted by Gasteiger charge is -2.27. The molecule has 2 fully saturated rings. The Hall–Kier alpha value is -3.46. The van der Waals surface area contributed by atoms with Crippen LogP contribution < -0.4 is 30.7 Å². The van der Waals surface area contributed by atoms with Crippen LogP contribution in [-0.2, 0) is 11.3 Å². The zero-order valence-corrected chi connectivity index (χ0v) is 23.8. The number of nitrogens with zero attached hydrogens (tertiary/aromatic N) is 3. The van der Waals surface area contributed by atoms with Crippen LogP contribution in [0.3, 0.4) is 0 Å². The number of likely N-dealkylation sites (tertiary alicyclic amines) is 1. The fourth-order valence-electron chi connectivity index (χ4n) is 5.38. The Balaban J connectivity index is 1.49. The van der Waals surface area contributed by atoms with Crippen LogP contribution in [0.4, 0.5) is 5.69 Å². The minimum atomic E-state index is -0.727. The molecule has 1 aliphatic carbocycles. The Bertz CT molecular complexity index is 1430. The van der Waals surface area contributed by atoms with Gasteiger partial charge in [-0.3, -0.25) is 19.0 Å². The van der Waals surface area contributed by atoms with Gasteiger partial charge in [0.1, 0.15) is 15.3 Å². The number of thiazole rings is 1. The van der Waals surface area contributed by atoms with Gasteiger partial charge in [0.15, 0.2) is 5.57 Å². The lowest BCUT2D eigenvalue weighted by atomic mass is 9.98. The summed E-state index contributed by atoms with van der Waals surface area (Å²) in [7, 11) is 0. The third kappa shape index (κ3) is 6.99. The second-order valence-corrected chi connectivity index (χ2v) is 11.5. The van der Waals surface area contributed by atoms with Gasteiger partial charge in [-0.25, -0.2) is 0 Å². The van der Waals surface area contributed by atoms with E-state index in [0.717, 1.165) is 50.2 Å². The molecule has 0 unspecified atom stereocenters. The average Bonchev–Trinajstić information content (AvgIpc) is 3.72. The smallest absolute Gasteiger partial charge is 0.270 e. The van der Waals surface area contributed by atoms with E-state index in [-0.39, 0.29) is 34.9 Å². The van der Waals surface area contributed by atoms with Crippen molar-refractivity contribution < 1.29 is 14.7 Å². The molecule has 1 aromatic heterocycles. The maximum Gasteiger partial charge on any atom is 0.270 e. The third-order valence-corrected chi connectivity index (χ3v) is 8.78. The highest BCUT2D eigenvalue weighted by molar-refractivity contribution is 7.07. The first-order valence-corrected chi connectivity index (χ1v) is 14.9. The van der Waals surface area contributed by atoms with Gasteiger partial charge in [0.25, 0.3) is 17.4 Å². The van der Waals surface area contributed by atoms with Gasteiger partial charge < -0.3 is 26.0 Å². The number of amides is 2. The molecule has 0 spiro atoms. The van der Waals surface area contributed by atoms with E-state index < -0.39 is 11.4 Å². The van der Waals surface area contributed by atoms with Gasteiger partial charge in [-0.1, -0.05) is 18.9 Å². The minimum Gasteiger partial charge on any atom is -0.394 e. The van der Waals surface area contributed by atoms with Gasteiger partial charge in [-0.15, -0.1) is 11.3 Å². The number of aromatic nitrogens is 1. The molecule has 2 amide bonds. The molecule has 40 heavy (non-hydrogen) atoms. The van der Waals surface area contributed by atoms with Crippen LogP contribution in [0.2, 0.25) is 0 Å². The summed E-state index contributed by atoms with van der Waals surface area (Å²) in [6.45, 7) is 5.75. The highest BCUT2D eigenvalue weighted by atomic mass is 32.1. The molecule has 0 radical (unpaired) electrons.